The predicted octanol–water partition coefficient (Wildman–Crippen LogP) is 4.56. The molecule has 2 atom stereocenters. The molecule has 0 aliphatic carbocycles. The topological polar surface area (TPSA) is 35.1 Å². The lowest BCUT2D eigenvalue weighted by molar-refractivity contribution is 0.510. The van der Waals surface area contributed by atoms with Crippen molar-refractivity contribution in [3.8, 4) is 0 Å². The van der Waals surface area contributed by atoms with Gasteiger partial charge in [-0.05, 0) is 51.3 Å². The van der Waals surface area contributed by atoms with Crippen molar-refractivity contribution in [1.29, 1.82) is 0 Å². The van der Waals surface area contributed by atoms with E-state index in [1.165, 1.54) is 0 Å². The molecule has 0 fully saturated rings. The van der Waals surface area contributed by atoms with Gasteiger partial charge in [0, 0.05) is 21.7 Å². The monoisotopic (exact) mass is 365 g/mol. The fraction of sp³-hybridized carbons (Fsp3) is 0.571. The SMILES string of the molecule is CC(C)(C)[S@+]([O-])N[C@@H](CCCCl)c1ccc(Br)cc1. The highest BCUT2D eigenvalue weighted by molar-refractivity contribution is 9.10. The molecule has 0 aromatic heterocycles. The molecule has 108 valence electrons. The molecule has 0 heterocycles. The van der Waals surface area contributed by atoms with Crippen LogP contribution in [0.5, 0.6) is 0 Å². The van der Waals surface area contributed by atoms with Gasteiger partial charge in [0.1, 0.15) is 4.75 Å². The lowest BCUT2D eigenvalue weighted by Gasteiger charge is -2.28. The van der Waals surface area contributed by atoms with Crippen molar-refractivity contribution >= 4 is 38.9 Å². The Hall–Kier alpha value is 0.260. The maximum atomic E-state index is 12.2. The molecule has 0 amide bonds. The van der Waals surface area contributed by atoms with Gasteiger partial charge in [0.25, 0.3) is 0 Å². The predicted molar refractivity (Wildman–Crippen MR) is 87.9 cm³/mol. The minimum Gasteiger partial charge on any atom is -0.598 e. The first kappa shape index (κ1) is 17.3. The van der Waals surface area contributed by atoms with Crippen LogP contribution in [0.2, 0.25) is 0 Å². The molecule has 1 aromatic rings. The largest absolute Gasteiger partial charge is 0.598 e. The van der Waals surface area contributed by atoms with Crippen LogP contribution in [0.1, 0.15) is 45.2 Å². The third kappa shape index (κ3) is 6.05. The summed E-state index contributed by atoms with van der Waals surface area (Å²) >= 11 is 8.12. The average molecular weight is 367 g/mol. The van der Waals surface area contributed by atoms with E-state index in [2.05, 4.69) is 32.8 Å². The van der Waals surface area contributed by atoms with Crippen molar-refractivity contribution in [2.24, 2.45) is 0 Å². The minimum atomic E-state index is -1.08. The maximum absolute atomic E-state index is 12.2. The summed E-state index contributed by atoms with van der Waals surface area (Å²) in [5.41, 5.74) is 1.14. The Labute approximate surface area is 132 Å². The van der Waals surface area contributed by atoms with Gasteiger partial charge >= 0.3 is 0 Å². The van der Waals surface area contributed by atoms with Gasteiger partial charge in [0.2, 0.25) is 0 Å². The summed E-state index contributed by atoms with van der Waals surface area (Å²) in [7, 11) is 0. The quantitative estimate of drug-likeness (QED) is 0.591. The van der Waals surface area contributed by atoms with E-state index in [1.807, 2.05) is 32.9 Å². The third-order valence-corrected chi connectivity index (χ3v) is 5.11. The first-order valence-electron chi connectivity index (χ1n) is 6.34. The molecule has 0 aliphatic heterocycles. The summed E-state index contributed by atoms with van der Waals surface area (Å²) in [6.45, 7) is 5.91. The van der Waals surface area contributed by atoms with Crippen LogP contribution in [-0.4, -0.2) is 15.2 Å². The second kappa shape index (κ2) is 7.89. The molecule has 5 heteroatoms. The van der Waals surface area contributed by atoms with Gasteiger partial charge in [0.05, 0.1) is 6.04 Å². The molecule has 0 aliphatic rings. The molecule has 2 nitrogen and oxygen atoms in total. The van der Waals surface area contributed by atoms with Gasteiger partial charge in [-0.1, -0.05) is 28.1 Å². The number of benzene rings is 1. The van der Waals surface area contributed by atoms with Crippen LogP contribution in [0.3, 0.4) is 0 Å². The van der Waals surface area contributed by atoms with E-state index in [0.29, 0.717) is 5.88 Å². The summed E-state index contributed by atoms with van der Waals surface area (Å²) < 4.78 is 16.2. The van der Waals surface area contributed by atoms with Gasteiger partial charge in [0.15, 0.2) is 0 Å². The van der Waals surface area contributed by atoms with Crippen molar-refractivity contribution in [2.45, 2.75) is 44.4 Å². The van der Waals surface area contributed by atoms with Crippen LogP contribution in [0, 0.1) is 0 Å². The van der Waals surface area contributed by atoms with Crippen LogP contribution in [0.25, 0.3) is 0 Å². The van der Waals surface area contributed by atoms with E-state index >= 15 is 0 Å². The Bertz CT molecular complexity index is 380. The van der Waals surface area contributed by atoms with E-state index in [4.69, 9.17) is 11.6 Å². The molecule has 0 spiro atoms. The molecule has 0 saturated heterocycles. The van der Waals surface area contributed by atoms with Crippen molar-refractivity contribution in [3.05, 3.63) is 34.3 Å². The molecule has 1 aromatic carbocycles. The first-order valence-corrected chi connectivity index (χ1v) is 8.82. The fourth-order valence-electron chi connectivity index (χ4n) is 1.58. The zero-order valence-electron chi connectivity index (χ0n) is 11.6. The number of hydrogen-bond donors (Lipinski definition) is 1. The van der Waals surface area contributed by atoms with Gasteiger partial charge in [-0.15, -0.1) is 16.3 Å². The normalized spacial score (nSPS) is 15.3. The van der Waals surface area contributed by atoms with E-state index in [0.717, 1.165) is 22.9 Å². The molecule has 1 rings (SSSR count). The summed E-state index contributed by atoms with van der Waals surface area (Å²) in [4.78, 5) is 0. The number of halogens is 2. The van der Waals surface area contributed by atoms with Crippen molar-refractivity contribution in [1.82, 2.24) is 4.72 Å². The molecular formula is C14H21BrClNOS. The molecule has 0 bridgehead atoms. The van der Waals surface area contributed by atoms with Crippen LogP contribution in [-0.2, 0) is 11.4 Å². The smallest absolute Gasteiger partial charge is 0.136 e. The third-order valence-electron chi connectivity index (χ3n) is 2.70. The van der Waals surface area contributed by atoms with Gasteiger partial charge in [-0.3, -0.25) is 0 Å². The molecule has 0 unspecified atom stereocenters. The average Bonchev–Trinajstić information content (AvgIpc) is 2.34. The second-order valence-electron chi connectivity index (χ2n) is 5.43. The fourth-order valence-corrected chi connectivity index (χ4v) is 2.86. The molecule has 0 saturated carbocycles. The zero-order valence-corrected chi connectivity index (χ0v) is 14.7. The second-order valence-corrected chi connectivity index (χ2v) is 8.73. The van der Waals surface area contributed by atoms with E-state index < -0.39 is 11.4 Å². The lowest BCUT2D eigenvalue weighted by Crippen LogP contribution is -2.41. The summed E-state index contributed by atoms with van der Waals surface area (Å²) in [5.74, 6) is 0.622. The van der Waals surface area contributed by atoms with Gasteiger partial charge in [-0.25, -0.2) is 0 Å². The lowest BCUT2D eigenvalue weighted by atomic mass is 10.0. The van der Waals surface area contributed by atoms with Crippen LogP contribution < -0.4 is 4.72 Å². The summed E-state index contributed by atoms with van der Waals surface area (Å²) in [6.07, 6.45) is 1.78. The highest BCUT2D eigenvalue weighted by Crippen LogP contribution is 2.25. The van der Waals surface area contributed by atoms with Crippen LogP contribution in [0.15, 0.2) is 28.7 Å². The Morgan fingerprint density at radius 3 is 2.37 bits per heavy atom. The highest BCUT2D eigenvalue weighted by Gasteiger charge is 2.29. The maximum Gasteiger partial charge on any atom is 0.136 e. The number of hydrogen-bond acceptors (Lipinski definition) is 2. The van der Waals surface area contributed by atoms with E-state index in [9.17, 15) is 4.55 Å². The number of alkyl halides is 1. The Morgan fingerprint density at radius 1 is 1.32 bits per heavy atom. The Balaban J connectivity index is 2.79. The van der Waals surface area contributed by atoms with E-state index in [1.54, 1.807) is 0 Å². The van der Waals surface area contributed by atoms with E-state index in [-0.39, 0.29) is 10.8 Å². The highest BCUT2D eigenvalue weighted by atomic mass is 79.9. The van der Waals surface area contributed by atoms with Crippen LogP contribution >= 0.6 is 27.5 Å². The van der Waals surface area contributed by atoms with Crippen molar-refractivity contribution in [2.75, 3.05) is 5.88 Å². The summed E-state index contributed by atoms with van der Waals surface area (Å²) in [5, 5.41) is 0. The van der Waals surface area contributed by atoms with Gasteiger partial charge < -0.3 is 4.55 Å². The van der Waals surface area contributed by atoms with Crippen molar-refractivity contribution in [3.63, 3.8) is 0 Å². The zero-order chi connectivity index (χ0) is 14.5. The Morgan fingerprint density at radius 2 is 1.89 bits per heavy atom. The molecular weight excluding hydrogens is 346 g/mol. The van der Waals surface area contributed by atoms with Gasteiger partial charge in [-0.2, -0.15) is 0 Å². The number of rotatable bonds is 6. The standard InChI is InChI=1S/C14H21BrClNOS/c1-14(2,3)19(18)17-13(5-4-10-16)11-6-8-12(15)9-7-11/h6-9,13,17H,4-5,10H2,1-3H3/t13-,19-/m0/s1. The Kier molecular flexibility index (Phi) is 7.19. The minimum absolute atomic E-state index is 0.0758. The number of nitrogens with one attached hydrogen (secondary N) is 1. The van der Waals surface area contributed by atoms with Crippen molar-refractivity contribution < 1.29 is 4.55 Å². The summed E-state index contributed by atoms with van der Waals surface area (Å²) in [6, 6.07) is 8.19. The molecule has 1 N–H and O–H groups in total. The first-order chi connectivity index (χ1) is 8.84. The molecule has 0 radical (unpaired) electrons. The van der Waals surface area contributed by atoms with Crippen LogP contribution in [0.4, 0.5) is 0 Å². The molecule has 19 heavy (non-hydrogen) atoms.